The summed E-state index contributed by atoms with van der Waals surface area (Å²) >= 11 is 0. The first kappa shape index (κ1) is 9.83. The highest BCUT2D eigenvalue weighted by Gasteiger charge is 2.90. The van der Waals surface area contributed by atoms with Crippen molar-refractivity contribution in [2.45, 2.75) is 34.1 Å². The number of hydrogen-bond acceptors (Lipinski definition) is 0. The molecule has 2 bridgehead atoms. The third-order valence-electron chi connectivity index (χ3n) is 10.1. The van der Waals surface area contributed by atoms with Gasteiger partial charge < -0.3 is 0 Å². The Morgan fingerprint density at radius 1 is 0.667 bits per heavy atom. The normalized spacial score (nSPS) is 84.7. The van der Waals surface area contributed by atoms with Gasteiger partial charge in [-0.1, -0.05) is 27.7 Å². The maximum atomic E-state index is 2.61. The zero-order valence-electron chi connectivity index (χ0n) is 12.1. The van der Waals surface area contributed by atoms with Crippen molar-refractivity contribution in [3.63, 3.8) is 0 Å². The van der Waals surface area contributed by atoms with Gasteiger partial charge in [-0.05, 0) is 82.9 Å². The summed E-state index contributed by atoms with van der Waals surface area (Å²) in [5.41, 5.74) is 0.902. The van der Waals surface area contributed by atoms with Crippen molar-refractivity contribution >= 4 is 0 Å². The first-order valence-electron chi connectivity index (χ1n) is 8.60. The molecule has 0 amide bonds. The molecule has 7 aliphatic carbocycles. The Kier molecular flexibility index (Phi) is 1.29. The minimum Gasteiger partial charge on any atom is -0.0620 e. The molecule has 7 saturated carbocycles. The molecule has 0 aromatic heterocycles. The lowest BCUT2D eigenvalue weighted by atomic mass is 9.15. The van der Waals surface area contributed by atoms with Crippen LogP contribution in [0.1, 0.15) is 34.1 Å². The van der Waals surface area contributed by atoms with E-state index in [4.69, 9.17) is 0 Å². The SMILES string of the molecule is CC1C(C)C2C1C1C2C2C1C1C3CC12C(C)C3C. The van der Waals surface area contributed by atoms with E-state index in [9.17, 15) is 0 Å². The zero-order chi connectivity index (χ0) is 12.1. The predicted octanol–water partition coefficient (Wildman–Crippen LogP) is 3.92. The van der Waals surface area contributed by atoms with Crippen LogP contribution in [-0.4, -0.2) is 0 Å². The van der Waals surface area contributed by atoms with Crippen LogP contribution in [0.25, 0.3) is 0 Å². The molecule has 1 spiro atoms. The van der Waals surface area contributed by atoms with Crippen molar-refractivity contribution in [1.82, 2.24) is 0 Å². The standard InChI is InChI=1S/C18H26/c1-6-7(2)12-11(6)13-14(12)17-15(13)16-10-5-18(16,17)9(4)8(10)3/h6-17H,5H2,1-4H3. The van der Waals surface area contributed by atoms with Gasteiger partial charge in [0.25, 0.3) is 0 Å². The average molecular weight is 242 g/mol. The molecule has 0 saturated heterocycles. The predicted molar refractivity (Wildman–Crippen MR) is 71.6 cm³/mol. The van der Waals surface area contributed by atoms with E-state index in [-0.39, 0.29) is 0 Å². The monoisotopic (exact) mass is 242 g/mol. The van der Waals surface area contributed by atoms with Crippen LogP contribution >= 0.6 is 0 Å². The second-order valence-electron chi connectivity index (χ2n) is 9.28. The molecule has 0 heteroatoms. The van der Waals surface area contributed by atoms with E-state index in [1.807, 2.05) is 0 Å². The Labute approximate surface area is 111 Å². The lowest BCUT2D eigenvalue weighted by molar-refractivity contribution is -0.427. The second kappa shape index (κ2) is 2.35. The summed E-state index contributed by atoms with van der Waals surface area (Å²) in [6.45, 7) is 10.3. The van der Waals surface area contributed by atoms with Gasteiger partial charge in [0.2, 0.25) is 0 Å². The third-order valence-corrected chi connectivity index (χ3v) is 10.1. The molecule has 0 aromatic carbocycles. The highest BCUT2D eigenvalue weighted by molar-refractivity contribution is 5.37. The summed E-state index contributed by atoms with van der Waals surface area (Å²) < 4.78 is 0. The lowest BCUT2D eigenvalue weighted by Gasteiger charge is -2.89. The summed E-state index contributed by atoms with van der Waals surface area (Å²) in [6, 6.07) is 0. The molecule has 0 heterocycles. The molecule has 13 atom stereocenters. The molecule has 13 unspecified atom stereocenters. The summed E-state index contributed by atoms with van der Waals surface area (Å²) in [4.78, 5) is 0. The zero-order valence-corrected chi connectivity index (χ0v) is 12.1. The average Bonchev–Trinajstić information content (AvgIpc) is 2.66. The molecule has 7 fully saturated rings. The van der Waals surface area contributed by atoms with E-state index < -0.39 is 0 Å². The van der Waals surface area contributed by atoms with Crippen LogP contribution < -0.4 is 0 Å². The van der Waals surface area contributed by atoms with Crippen molar-refractivity contribution in [1.29, 1.82) is 0 Å². The van der Waals surface area contributed by atoms with Crippen LogP contribution in [0, 0.1) is 76.4 Å². The first-order valence-corrected chi connectivity index (χ1v) is 8.60. The fourth-order valence-electron chi connectivity index (χ4n) is 9.32. The van der Waals surface area contributed by atoms with Gasteiger partial charge in [0.1, 0.15) is 0 Å². The maximum Gasteiger partial charge on any atom is -0.0198 e. The number of hydrogen-bond donors (Lipinski definition) is 0. The molecule has 0 radical (unpaired) electrons. The van der Waals surface area contributed by atoms with E-state index >= 15 is 0 Å². The molecular weight excluding hydrogens is 216 g/mol. The first-order chi connectivity index (χ1) is 8.60. The summed E-state index contributed by atoms with van der Waals surface area (Å²) in [6.07, 6.45) is 1.64. The van der Waals surface area contributed by atoms with Crippen molar-refractivity contribution in [3.8, 4) is 0 Å². The highest BCUT2D eigenvalue weighted by Crippen LogP contribution is 2.94. The fourth-order valence-corrected chi connectivity index (χ4v) is 9.32. The minimum atomic E-state index is 0.902. The molecule has 98 valence electrons. The van der Waals surface area contributed by atoms with Gasteiger partial charge in [-0.15, -0.1) is 0 Å². The van der Waals surface area contributed by atoms with Crippen molar-refractivity contribution in [3.05, 3.63) is 0 Å². The molecular formula is C18H26. The summed E-state index contributed by atoms with van der Waals surface area (Å²) in [5, 5.41) is 0. The van der Waals surface area contributed by atoms with Crippen LogP contribution in [0.4, 0.5) is 0 Å². The molecule has 18 heavy (non-hydrogen) atoms. The Hall–Kier alpha value is 0. The molecule has 0 nitrogen and oxygen atoms in total. The topological polar surface area (TPSA) is 0 Å². The Balaban J connectivity index is 1.39. The van der Waals surface area contributed by atoms with Crippen LogP contribution in [0.3, 0.4) is 0 Å². The van der Waals surface area contributed by atoms with Gasteiger partial charge >= 0.3 is 0 Å². The van der Waals surface area contributed by atoms with Crippen LogP contribution in [0.2, 0.25) is 0 Å². The van der Waals surface area contributed by atoms with Gasteiger partial charge in [0, 0.05) is 0 Å². The summed E-state index contributed by atoms with van der Waals surface area (Å²) in [5.74, 6) is 13.9. The highest BCUT2D eigenvalue weighted by atomic mass is 14.9. The van der Waals surface area contributed by atoms with E-state index in [1.54, 1.807) is 6.42 Å². The van der Waals surface area contributed by atoms with Gasteiger partial charge in [-0.3, -0.25) is 0 Å². The number of fused-ring (bicyclic) bond motifs is 8. The Bertz CT molecular complexity index is 461. The van der Waals surface area contributed by atoms with Crippen molar-refractivity contribution in [2.75, 3.05) is 0 Å². The quantitative estimate of drug-likeness (QED) is 0.604. The summed E-state index contributed by atoms with van der Waals surface area (Å²) in [7, 11) is 0. The fraction of sp³-hybridized carbons (Fsp3) is 1.00. The lowest BCUT2D eigenvalue weighted by Crippen LogP contribution is -2.86. The van der Waals surface area contributed by atoms with E-state index in [1.165, 1.54) is 41.4 Å². The van der Waals surface area contributed by atoms with E-state index in [2.05, 4.69) is 27.7 Å². The van der Waals surface area contributed by atoms with E-state index in [0.29, 0.717) is 0 Å². The Morgan fingerprint density at radius 2 is 1.33 bits per heavy atom. The van der Waals surface area contributed by atoms with Crippen LogP contribution in [0.5, 0.6) is 0 Å². The second-order valence-corrected chi connectivity index (χ2v) is 9.28. The molecule has 0 aromatic rings. The van der Waals surface area contributed by atoms with Gasteiger partial charge in [0.15, 0.2) is 0 Å². The van der Waals surface area contributed by atoms with Gasteiger partial charge in [0.05, 0.1) is 0 Å². The third kappa shape index (κ3) is 0.577. The smallest absolute Gasteiger partial charge is 0.0198 e. The molecule has 0 aliphatic heterocycles. The van der Waals surface area contributed by atoms with Crippen LogP contribution in [-0.2, 0) is 0 Å². The van der Waals surface area contributed by atoms with Gasteiger partial charge in [-0.2, -0.15) is 0 Å². The molecule has 7 aliphatic rings. The van der Waals surface area contributed by atoms with Crippen molar-refractivity contribution in [2.24, 2.45) is 76.4 Å². The maximum absolute atomic E-state index is 2.61. The van der Waals surface area contributed by atoms with Crippen molar-refractivity contribution < 1.29 is 0 Å². The largest absolute Gasteiger partial charge is 0.0620 e. The van der Waals surface area contributed by atoms with E-state index in [0.717, 1.165) is 35.0 Å². The Morgan fingerprint density at radius 3 is 2.00 bits per heavy atom. The van der Waals surface area contributed by atoms with Crippen LogP contribution in [0.15, 0.2) is 0 Å². The molecule has 0 N–H and O–H groups in total. The van der Waals surface area contributed by atoms with Gasteiger partial charge in [-0.25, -0.2) is 0 Å². The minimum absolute atomic E-state index is 0.902. The number of rotatable bonds is 0. The molecule has 7 rings (SSSR count).